The first kappa shape index (κ1) is 12.8. The molecule has 0 bridgehead atoms. The maximum Gasteiger partial charge on any atom is 0.142 e. The zero-order valence-electron chi connectivity index (χ0n) is 10.8. The van der Waals surface area contributed by atoms with Gasteiger partial charge in [0.25, 0.3) is 0 Å². The Labute approximate surface area is 97.6 Å². The summed E-state index contributed by atoms with van der Waals surface area (Å²) in [4.78, 5) is 12.0. The molecule has 0 aliphatic rings. The van der Waals surface area contributed by atoms with Gasteiger partial charge in [-0.25, -0.2) is 0 Å². The molecule has 0 atom stereocenters. The van der Waals surface area contributed by atoms with Crippen molar-refractivity contribution in [2.24, 2.45) is 5.41 Å². The summed E-state index contributed by atoms with van der Waals surface area (Å²) >= 11 is 0. The molecule has 0 unspecified atom stereocenters. The molecular weight excluding hydrogens is 200 g/mol. The van der Waals surface area contributed by atoms with Gasteiger partial charge in [0.2, 0.25) is 0 Å². The minimum atomic E-state index is -0.297. The minimum Gasteiger partial charge on any atom is -0.496 e. The molecule has 0 aliphatic heterocycles. The maximum absolute atomic E-state index is 12.0. The number of hydrogen-bond donors (Lipinski definition) is 0. The molecule has 0 heterocycles. The average molecular weight is 220 g/mol. The standard InChI is InChI=1S/C14H20O2/c1-10-6-7-12(16-5)11(8-10)9-13(15)14(2,3)4/h6-8H,9H2,1-5H3. The second-order valence-electron chi connectivity index (χ2n) is 5.17. The third-order valence-electron chi connectivity index (χ3n) is 2.62. The molecule has 16 heavy (non-hydrogen) atoms. The number of Topliss-reactive ketones (excluding diaryl/α,β-unsaturated/α-hetero) is 1. The second-order valence-corrected chi connectivity index (χ2v) is 5.17. The Morgan fingerprint density at radius 2 is 1.94 bits per heavy atom. The quantitative estimate of drug-likeness (QED) is 0.782. The van der Waals surface area contributed by atoms with E-state index >= 15 is 0 Å². The predicted octanol–water partition coefficient (Wildman–Crippen LogP) is 3.16. The highest BCUT2D eigenvalue weighted by Gasteiger charge is 2.22. The number of aryl methyl sites for hydroxylation is 1. The third-order valence-corrected chi connectivity index (χ3v) is 2.62. The van der Waals surface area contributed by atoms with Crippen LogP contribution >= 0.6 is 0 Å². The summed E-state index contributed by atoms with van der Waals surface area (Å²) in [5.41, 5.74) is 1.83. The molecule has 0 aromatic heterocycles. The lowest BCUT2D eigenvalue weighted by Crippen LogP contribution is -2.22. The zero-order valence-corrected chi connectivity index (χ0v) is 10.8. The number of methoxy groups -OCH3 is 1. The van der Waals surface area contributed by atoms with Gasteiger partial charge < -0.3 is 4.74 Å². The van der Waals surface area contributed by atoms with E-state index in [-0.39, 0.29) is 11.2 Å². The number of carbonyl (C=O) groups excluding carboxylic acids is 1. The van der Waals surface area contributed by atoms with Gasteiger partial charge in [-0.05, 0) is 13.0 Å². The number of carbonyl (C=O) groups is 1. The van der Waals surface area contributed by atoms with Crippen LogP contribution in [0.1, 0.15) is 31.9 Å². The van der Waals surface area contributed by atoms with Crippen LogP contribution < -0.4 is 4.74 Å². The number of ketones is 1. The van der Waals surface area contributed by atoms with Crippen LogP contribution in [0.3, 0.4) is 0 Å². The summed E-state index contributed by atoms with van der Waals surface area (Å²) in [6, 6.07) is 5.92. The number of hydrogen-bond acceptors (Lipinski definition) is 2. The van der Waals surface area contributed by atoms with Gasteiger partial charge in [-0.1, -0.05) is 38.5 Å². The molecule has 0 radical (unpaired) electrons. The van der Waals surface area contributed by atoms with E-state index in [1.54, 1.807) is 7.11 Å². The Morgan fingerprint density at radius 1 is 1.31 bits per heavy atom. The molecule has 0 N–H and O–H groups in total. The molecule has 0 spiro atoms. The highest BCUT2D eigenvalue weighted by atomic mass is 16.5. The summed E-state index contributed by atoms with van der Waals surface area (Å²) in [5.74, 6) is 1.03. The second kappa shape index (κ2) is 4.69. The first-order valence-electron chi connectivity index (χ1n) is 5.51. The molecule has 1 rings (SSSR count). The summed E-state index contributed by atoms with van der Waals surface area (Å²) in [7, 11) is 1.63. The first-order valence-corrected chi connectivity index (χ1v) is 5.51. The molecule has 1 aromatic rings. The highest BCUT2D eigenvalue weighted by molar-refractivity contribution is 5.86. The van der Waals surface area contributed by atoms with Gasteiger partial charge in [-0.2, -0.15) is 0 Å². The van der Waals surface area contributed by atoms with Gasteiger partial charge in [-0.3, -0.25) is 4.79 Å². The van der Waals surface area contributed by atoms with Gasteiger partial charge in [0.1, 0.15) is 11.5 Å². The van der Waals surface area contributed by atoms with Crippen molar-refractivity contribution in [1.29, 1.82) is 0 Å². The lowest BCUT2D eigenvalue weighted by Gasteiger charge is -2.17. The molecule has 0 amide bonds. The van der Waals surface area contributed by atoms with Crippen LogP contribution in [0.2, 0.25) is 0 Å². The Morgan fingerprint density at radius 3 is 2.44 bits per heavy atom. The van der Waals surface area contributed by atoms with E-state index in [1.165, 1.54) is 0 Å². The molecule has 88 valence electrons. The highest BCUT2D eigenvalue weighted by Crippen LogP contribution is 2.24. The van der Waals surface area contributed by atoms with Crippen LogP contribution in [0, 0.1) is 12.3 Å². The molecule has 2 heteroatoms. The fourth-order valence-electron chi connectivity index (χ4n) is 1.48. The molecule has 0 fully saturated rings. The van der Waals surface area contributed by atoms with Crippen molar-refractivity contribution in [2.45, 2.75) is 34.1 Å². The van der Waals surface area contributed by atoms with E-state index in [0.717, 1.165) is 16.9 Å². The minimum absolute atomic E-state index is 0.233. The molecule has 0 aliphatic carbocycles. The lowest BCUT2D eigenvalue weighted by atomic mass is 9.86. The molecule has 0 saturated carbocycles. The monoisotopic (exact) mass is 220 g/mol. The van der Waals surface area contributed by atoms with E-state index in [4.69, 9.17) is 4.74 Å². The van der Waals surface area contributed by atoms with Crippen LogP contribution in [0.4, 0.5) is 0 Å². The van der Waals surface area contributed by atoms with Gasteiger partial charge in [0.05, 0.1) is 7.11 Å². The normalized spacial score (nSPS) is 11.3. The van der Waals surface area contributed by atoms with E-state index in [9.17, 15) is 4.79 Å². The van der Waals surface area contributed by atoms with Crippen molar-refractivity contribution in [3.05, 3.63) is 29.3 Å². The van der Waals surface area contributed by atoms with Crippen LogP contribution in [0.15, 0.2) is 18.2 Å². The Bertz CT molecular complexity index is 386. The van der Waals surface area contributed by atoms with E-state index in [0.29, 0.717) is 6.42 Å². The Hall–Kier alpha value is -1.31. The lowest BCUT2D eigenvalue weighted by molar-refractivity contribution is -0.125. The van der Waals surface area contributed by atoms with Crippen LogP contribution in [-0.2, 0) is 11.2 Å². The summed E-state index contributed by atoms with van der Waals surface area (Å²) in [5, 5.41) is 0. The summed E-state index contributed by atoms with van der Waals surface area (Å²) in [6.45, 7) is 7.84. The van der Waals surface area contributed by atoms with Crippen molar-refractivity contribution in [3.63, 3.8) is 0 Å². The van der Waals surface area contributed by atoms with E-state index in [2.05, 4.69) is 0 Å². The average Bonchev–Trinajstić information content (AvgIpc) is 2.16. The van der Waals surface area contributed by atoms with Gasteiger partial charge in [0.15, 0.2) is 0 Å². The third kappa shape index (κ3) is 3.09. The predicted molar refractivity (Wildman–Crippen MR) is 65.9 cm³/mol. The zero-order chi connectivity index (χ0) is 12.3. The fourth-order valence-corrected chi connectivity index (χ4v) is 1.48. The van der Waals surface area contributed by atoms with Gasteiger partial charge in [0, 0.05) is 17.4 Å². The van der Waals surface area contributed by atoms with Crippen LogP contribution in [-0.4, -0.2) is 12.9 Å². The van der Waals surface area contributed by atoms with Crippen molar-refractivity contribution in [1.82, 2.24) is 0 Å². The molecule has 1 aromatic carbocycles. The Kier molecular flexibility index (Phi) is 3.74. The van der Waals surface area contributed by atoms with E-state index < -0.39 is 0 Å². The van der Waals surface area contributed by atoms with Crippen molar-refractivity contribution in [2.75, 3.05) is 7.11 Å². The van der Waals surface area contributed by atoms with Crippen molar-refractivity contribution in [3.8, 4) is 5.75 Å². The largest absolute Gasteiger partial charge is 0.496 e. The van der Waals surface area contributed by atoms with Crippen LogP contribution in [0.25, 0.3) is 0 Å². The topological polar surface area (TPSA) is 26.3 Å². The van der Waals surface area contributed by atoms with Crippen molar-refractivity contribution < 1.29 is 9.53 Å². The summed E-state index contributed by atoms with van der Waals surface area (Å²) < 4.78 is 5.26. The van der Waals surface area contributed by atoms with Gasteiger partial charge in [-0.15, -0.1) is 0 Å². The molecular formula is C14H20O2. The number of benzene rings is 1. The molecule has 2 nitrogen and oxygen atoms in total. The SMILES string of the molecule is COc1ccc(C)cc1CC(=O)C(C)(C)C. The fraction of sp³-hybridized carbons (Fsp3) is 0.500. The van der Waals surface area contributed by atoms with E-state index in [1.807, 2.05) is 45.9 Å². The summed E-state index contributed by atoms with van der Waals surface area (Å²) in [6.07, 6.45) is 0.439. The van der Waals surface area contributed by atoms with Gasteiger partial charge >= 0.3 is 0 Å². The Balaban J connectivity index is 2.96. The van der Waals surface area contributed by atoms with Crippen LogP contribution in [0.5, 0.6) is 5.75 Å². The number of ether oxygens (including phenoxy) is 1. The number of rotatable bonds is 3. The smallest absolute Gasteiger partial charge is 0.142 e. The first-order chi connectivity index (χ1) is 7.34. The van der Waals surface area contributed by atoms with Crippen molar-refractivity contribution >= 4 is 5.78 Å². The maximum atomic E-state index is 12.0. The molecule has 0 saturated heterocycles.